The van der Waals surface area contributed by atoms with E-state index in [-0.39, 0.29) is 71.9 Å². The van der Waals surface area contributed by atoms with Crippen LogP contribution >= 0.6 is 0 Å². The minimum absolute atomic E-state index is 0. The van der Waals surface area contributed by atoms with Crippen molar-refractivity contribution in [1.82, 2.24) is 0 Å². The Bertz CT molecular complexity index is 227. The first kappa shape index (κ1) is 34.7. The molecule has 0 atom stereocenters. The topological polar surface area (TPSA) is 120 Å². The van der Waals surface area contributed by atoms with E-state index in [1.54, 1.807) is 28.4 Å². The van der Waals surface area contributed by atoms with Gasteiger partial charge in [0.1, 0.15) is 0 Å². The molecule has 0 aromatic carbocycles. The van der Waals surface area contributed by atoms with Gasteiger partial charge >= 0.3 is 45.5 Å². The van der Waals surface area contributed by atoms with Gasteiger partial charge in [-0.1, -0.05) is 12.2 Å². The van der Waals surface area contributed by atoms with Gasteiger partial charge in [-0.2, -0.15) is 0 Å². The molecule has 0 amide bonds. The molecule has 0 rings (SSSR count). The van der Waals surface area contributed by atoms with E-state index in [9.17, 15) is 10.2 Å². The Morgan fingerprint density at radius 1 is 0.448 bits per heavy atom. The summed E-state index contributed by atoms with van der Waals surface area (Å²) in [6, 6.07) is 0. The van der Waals surface area contributed by atoms with Crippen LogP contribution in [0.15, 0.2) is 0 Å². The van der Waals surface area contributed by atoms with Crippen molar-refractivity contribution in [3.8, 4) is 0 Å². The van der Waals surface area contributed by atoms with Gasteiger partial charge in [-0.25, -0.2) is 0 Å². The summed E-state index contributed by atoms with van der Waals surface area (Å²) in [4.78, 5) is 0. The van der Waals surface area contributed by atoms with Crippen molar-refractivity contribution in [3.05, 3.63) is 0 Å². The van der Waals surface area contributed by atoms with Gasteiger partial charge in [0, 0.05) is 54.9 Å². The van der Waals surface area contributed by atoms with Crippen molar-refractivity contribution in [2.75, 3.05) is 108 Å². The zero-order valence-electron chi connectivity index (χ0n) is 18.4. The molecular formula is C18H38O10Sr. The number of methoxy groups -OCH3 is 4. The predicted molar refractivity (Wildman–Crippen MR) is 104 cm³/mol. The first-order valence-corrected chi connectivity index (χ1v) is 9.20. The monoisotopic (exact) mass is 502 g/mol. The second-order valence-electron chi connectivity index (χ2n) is 5.51. The fourth-order valence-electron chi connectivity index (χ4n) is 1.52. The molecule has 0 fully saturated rings. The molecule has 0 heterocycles. The summed E-state index contributed by atoms with van der Waals surface area (Å²) < 4.78 is 39.2. The molecule has 0 aromatic rings. The van der Waals surface area contributed by atoms with Crippen molar-refractivity contribution in [2.45, 2.75) is 12.2 Å². The molecule has 0 bridgehead atoms. The second kappa shape index (κ2) is 31.3. The first-order chi connectivity index (χ1) is 13.6. The third-order valence-corrected chi connectivity index (χ3v) is 2.94. The zero-order chi connectivity index (χ0) is 21.3. The molecule has 0 aliphatic heterocycles. The third kappa shape index (κ3) is 33.9. The van der Waals surface area contributed by atoms with Gasteiger partial charge in [0.2, 0.25) is 0 Å². The smallest absolute Gasteiger partial charge is 0.849 e. The van der Waals surface area contributed by atoms with Crippen LogP contribution in [0.3, 0.4) is 0 Å². The van der Waals surface area contributed by atoms with Crippen LogP contribution in [0.1, 0.15) is 0 Å². The maximum Gasteiger partial charge on any atom is 2.00 e. The summed E-state index contributed by atoms with van der Waals surface area (Å²) in [5, 5.41) is 22.2. The molecule has 0 spiro atoms. The van der Waals surface area contributed by atoms with Crippen molar-refractivity contribution in [3.63, 3.8) is 0 Å². The Morgan fingerprint density at radius 2 is 0.655 bits per heavy atom. The third-order valence-electron chi connectivity index (χ3n) is 2.94. The van der Waals surface area contributed by atoms with Crippen LogP contribution in [0, 0.1) is 0 Å². The van der Waals surface area contributed by atoms with Crippen molar-refractivity contribution in [2.24, 2.45) is 0 Å². The second-order valence-corrected chi connectivity index (χ2v) is 5.51. The molecule has 0 aliphatic rings. The zero-order valence-corrected chi connectivity index (χ0v) is 21.9. The average Bonchev–Trinajstić information content (AvgIpc) is 2.70. The summed E-state index contributed by atoms with van der Waals surface area (Å²) in [5.41, 5.74) is 0. The van der Waals surface area contributed by atoms with Crippen LogP contribution in [0.2, 0.25) is 0 Å². The Morgan fingerprint density at radius 3 is 0.828 bits per heavy atom. The van der Waals surface area contributed by atoms with E-state index < -0.39 is 12.2 Å². The Hall–Kier alpha value is 1.08. The van der Waals surface area contributed by atoms with Crippen LogP contribution in [-0.4, -0.2) is 165 Å². The molecule has 0 aliphatic carbocycles. The molecule has 11 heteroatoms. The van der Waals surface area contributed by atoms with Crippen LogP contribution in [0.25, 0.3) is 0 Å². The summed E-state index contributed by atoms with van der Waals surface area (Å²) >= 11 is 0. The molecule has 0 radical (unpaired) electrons. The van der Waals surface area contributed by atoms with E-state index in [1.807, 2.05) is 0 Å². The van der Waals surface area contributed by atoms with E-state index in [0.29, 0.717) is 52.9 Å². The maximum absolute atomic E-state index is 11.1. The standard InChI is InChI=1S/2C9H19O5.Sr/c2*1-11-3-5-13-7-9(10)8-14-6-4-12-2;/h2*9H,3-8H2,1-2H3;/q2*-1;+2. The normalized spacial score (nSPS) is 10.8. The van der Waals surface area contributed by atoms with Crippen LogP contribution in [0.4, 0.5) is 0 Å². The summed E-state index contributed by atoms with van der Waals surface area (Å²) in [7, 11) is 6.36. The Balaban J connectivity index is -0.000000451. The Labute approximate surface area is 212 Å². The number of hydrogen-bond donors (Lipinski definition) is 0. The number of hydrogen-bond acceptors (Lipinski definition) is 10. The molecule has 0 saturated heterocycles. The van der Waals surface area contributed by atoms with E-state index in [0.717, 1.165) is 0 Å². The molecular weight excluding hydrogens is 464 g/mol. The van der Waals surface area contributed by atoms with Gasteiger partial charge < -0.3 is 48.1 Å². The fraction of sp³-hybridized carbons (Fsp3) is 1.00. The van der Waals surface area contributed by atoms with E-state index >= 15 is 0 Å². The summed E-state index contributed by atoms with van der Waals surface area (Å²) in [6.07, 6.45) is -1.66. The number of ether oxygens (including phenoxy) is 8. The summed E-state index contributed by atoms with van der Waals surface area (Å²) in [5.74, 6) is 0. The van der Waals surface area contributed by atoms with Gasteiger partial charge in [0.15, 0.2) is 0 Å². The largest absolute Gasteiger partial charge is 2.00 e. The van der Waals surface area contributed by atoms with Gasteiger partial charge in [-0.15, -0.1) is 0 Å². The first-order valence-electron chi connectivity index (χ1n) is 9.20. The average molecular weight is 502 g/mol. The Kier molecular flexibility index (Phi) is 37.4. The van der Waals surface area contributed by atoms with Crippen LogP contribution in [-0.2, 0) is 37.9 Å². The number of rotatable bonds is 20. The van der Waals surface area contributed by atoms with Crippen LogP contribution in [0.5, 0.6) is 0 Å². The minimum atomic E-state index is -0.830. The van der Waals surface area contributed by atoms with E-state index in [2.05, 4.69) is 0 Å². The molecule has 29 heavy (non-hydrogen) atoms. The van der Waals surface area contributed by atoms with Gasteiger partial charge in [-0.3, -0.25) is 0 Å². The fourth-order valence-corrected chi connectivity index (χ4v) is 1.52. The van der Waals surface area contributed by atoms with Gasteiger partial charge in [-0.05, 0) is 0 Å². The predicted octanol–water partition coefficient (Wildman–Crippen LogP) is -2.30. The molecule has 0 N–H and O–H groups in total. The van der Waals surface area contributed by atoms with Crippen molar-refractivity contribution >= 4 is 45.5 Å². The SMILES string of the molecule is COCCOCC([O-])COCCOC.COCCOCC([O-])COCCOC.[Sr+2]. The van der Waals surface area contributed by atoms with Gasteiger partial charge in [0.25, 0.3) is 0 Å². The van der Waals surface area contributed by atoms with Crippen molar-refractivity contribution < 1.29 is 48.1 Å². The quantitative estimate of drug-likeness (QED) is 0.133. The maximum atomic E-state index is 11.1. The van der Waals surface area contributed by atoms with Crippen LogP contribution < -0.4 is 10.2 Å². The van der Waals surface area contributed by atoms with Crippen molar-refractivity contribution in [1.29, 1.82) is 0 Å². The molecule has 0 unspecified atom stereocenters. The molecule has 10 nitrogen and oxygen atoms in total. The van der Waals surface area contributed by atoms with E-state index in [4.69, 9.17) is 37.9 Å². The molecule has 172 valence electrons. The van der Waals surface area contributed by atoms with Gasteiger partial charge in [0.05, 0.1) is 52.9 Å². The molecule has 0 saturated carbocycles. The molecule has 0 aromatic heterocycles. The minimum Gasteiger partial charge on any atom is -0.849 e. The summed E-state index contributed by atoms with van der Waals surface area (Å²) in [6.45, 7) is 4.50. The van der Waals surface area contributed by atoms with E-state index in [1.165, 1.54) is 0 Å².